The summed E-state index contributed by atoms with van der Waals surface area (Å²) in [5, 5.41) is 9.02. The van der Waals surface area contributed by atoms with Crippen LogP contribution in [0.4, 0.5) is 0 Å². The van der Waals surface area contributed by atoms with E-state index in [4.69, 9.17) is 9.84 Å². The maximum atomic E-state index is 11.3. The van der Waals surface area contributed by atoms with Gasteiger partial charge in [-0.3, -0.25) is 4.79 Å². The highest BCUT2D eigenvalue weighted by atomic mass is 16.6. The quantitative estimate of drug-likeness (QED) is 0.528. The van der Waals surface area contributed by atoms with Crippen LogP contribution in [0.15, 0.2) is 12.7 Å². The van der Waals surface area contributed by atoms with Gasteiger partial charge in [-0.05, 0) is 18.9 Å². The molecular formula is C10H16O3. The van der Waals surface area contributed by atoms with E-state index in [9.17, 15) is 4.79 Å². The molecular weight excluding hydrogens is 168 g/mol. The molecule has 0 radical (unpaired) electrons. The standard InChI is InChI=1S/C10H16O3/c1-2-10(12)13-7-8-5-3-4-6-9(8)11/h2,8,10,12H,1,3-7H2. The van der Waals surface area contributed by atoms with Crippen molar-refractivity contribution < 1.29 is 14.6 Å². The molecule has 1 N–H and O–H groups in total. The van der Waals surface area contributed by atoms with Crippen molar-refractivity contribution in [1.29, 1.82) is 0 Å². The molecule has 0 bridgehead atoms. The van der Waals surface area contributed by atoms with Gasteiger partial charge in [-0.25, -0.2) is 0 Å². The van der Waals surface area contributed by atoms with Crippen LogP contribution in [-0.4, -0.2) is 23.8 Å². The van der Waals surface area contributed by atoms with Crippen LogP contribution < -0.4 is 0 Å². The summed E-state index contributed by atoms with van der Waals surface area (Å²) in [4.78, 5) is 11.3. The molecule has 0 saturated heterocycles. The molecule has 0 aliphatic heterocycles. The summed E-state index contributed by atoms with van der Waals surface area (Å²) in [5.74, 6) is 0.255. The van der Waals surface area contributed by atoms with Gasteiger partial charge in [-0.2, -0.15) is 0 Å². The van der Waals surface area contributed by atoms with Gasteiger partial charge < -0.3 is 9.84 Å². The molecule has 2 unspecified atom stereocenters. The normalized spacial score (nSPS) is 25.6. The predicted octanol–water partition coefficient (Wildman–Crippen LogP) is 1.27. The Hall–Kier alpha value is -0.670. The van der Waals surface area contributed by atoms with E-state index in [0.717, 1.165) is 19.3 Å². The molecule has 0 amide bonds. The summed E-state index contributed by atoms with van der Waals surface area (Å²) in [6.07, 6.45) is 4.02. The summed E-state index contributed by atoms with van der Waals surface area (Å²) in [6.45, 7) is 3.71. The maximum Gasteiger partial charge on any atom is 0.173 e. The Morgan fingerprint density at radius 1 is 1.69 bits per heavy atom. The number of ketones is 1. The minimum atomic E-state index is -0.935. The van der Waals surface area contributed by atoms with Crippen LogP contribution in [0.1, 0.15) is 25.7 Å². The van der Waals surface area contributed by atoms with E-state index in [1.165, 1.54) is 6.08 Å². The van der Waals surface area contributed by atoms with Crippen molar-refractivity contribution in [3.05, 3.63) is 12.7 Å². The minimum absolute atomic E-state index is 0.0108. The lowest BCUT2D eigenvalue weighted by molar-refractivity contribution is -0.131. The fourth-order valence-corrected chi connectivity index (χ4v) is 1.51. The fourth-order valence-electron chi connectivity index (χ4n) is 1.51. The Morgan fingerprint density at radius 3 is 3.08 bits per heavy atom. The van der Waals surface area contributed by atoms with E-state index >= 15 is 0 Å². The average Bonchev–Trinajstić information content (AvgIpc) is 2.16. The Labute approximate surface area is 78.4 Å². The molecule has 1 aliphatic rings. The summed E-state index contributed by atoms with van der Waals surface area (Å²) >= 11 is 0. The van der Waals surface area contributed by atoms with Crippen LogP contribution >= 0.6 is 0 Å². The van der Waals surface area contributed by atoms with Gasteiger partial charge in [0.1, 0.15) is 5.78 Å². The highest BCUT2D eigenvalue weighted by Gasteiger charge is 2.22. The number of carbonyl (C=O) groups excluding carboxylic acids is 1. The lowest BCUT2D eigenvalue weighted by atomic mass is 9.89. The first kappa shape index (κ1) is 10.4. The molecule has 1 fully saturated rings. The van der Waals surface area contributed by atoms with Gasteiger partial charge in [0.25, 0.3) is 0 Å². The zero-order valence-electron chi connectivity index (χ0n) is 7.74. The molecule has 0 aromatic heterocycles. The van der Waals surface area contributed by atoms with Crippen LogP contribution in [0.25, 0.3) is 0 Å². The smallest absolute Gasteiger partial charge is 0.173 e. The molecule has 0 aromatic rings. The topological polar surface area (TPSA) is 46.5 Å². The molecule has 13 heavy (non-hydrogen) atoms. The third kappa shape index (κ3) is 3.28. The monoisotopic (exact) mass is 184 g/mol. The molecule has 3 heteroatoms. The molecule has 0 aromatic carbocycles. The highest BCUT2D eigenvalue weighted by molar-refractivity contribution is 5.81. The maximum absolute atomic E-state index is 11.3. The second-order valence-corrected chi connectivity index (χ2v) is 3.37. The van der Waals surface area contributed by atoms with E-state index in [1.807, 2.05) is 0 Å². The number of ether oxygens (including phenoxy) is 1. The van der Waals surface area contributed by atoms with E-state index in [-0.39, 0.29) is 11.7 Å². The average molecular weight is 184 g/mol. The second-order valence-electron chi connectivity index (χ2n) is 3.37. The lowest BCUT2D eigenvalue weighted by Gasteiger charge is -2.20. The Balaban J connectivity index is 2.26. The first-order valence-electron chi connectivity index (χ1n) is 4.69. The zero-order chi connectivity index (χ0) is 9.68. The summed E-state index contributed by atoms with van der Waals surface area (Å²) in [5.41, 5.74) is 0. The van der Waals surface area contributed by atoms with Gasteiger partial charge in [0, 0.05) is 12.3 Å². The van der Waals surface area contributed by atoms with Crippen molar-refractivity contribution in [3.63, 3.8) is 0 Å². The number of hydrogen-bond donors (Lipinski definition) is 1. The van der Waals surface area contributed by atoms with Crippen LogP contribution in [0.3, 0.4) is 0 Å². The number of rotatable bonds is 4. The molecule has 1 aliphatic carbocycles. The molecule has 74 valence electrons. The third-order valence-electron chi connectivity index (χ3n) is 2.35. The lowest BCUT2D eigenvalue weighted by Crippen LogP contribution is -2.25. The van der Waals surface area contributed by atoms with Crippen LogP contribution in [0, 0.1) is 5.92 Å². The van der Waals surface area contributed by atoms with Gasteiger partial charge in [-0.1, -0.05) is 13.0 Å². The third-order valence-corrected chi connectivity index (χ3v) is 2.35. The number of carbonyl (C=O) groups is 1. The SMILES string of the molecule is C=CC(O)OCC1CCCCC1=O. The molecule has 3 nitrogen and oxygen atoms in total. The Kier molecular flexibility index (Phi) is 4.12. The first-order valence-corrected chi connectivity index (χ1v) is 4.69. The molecule has 2 atom stereocenters. The van der Waals surface area contributed by atoms with Crippen LogP contribution in [-0.2, 0) is 9.53 Å². The van der Waals surface area contributed by atoms with Crippen molar-refractivity contribution in [1.82, 2.24) is 0 Å². The van der Waals surface area contributed by atoms with E-state index in [1.54, 1.807) is 0 Å². The highest BCUT2D eigenvalue weighted by Crippen LogP contribution is 2.20. The molecule has 0 spiro atoms. The molecule has 1 saturated carbocycles. The molecule has 0 heterocycles. The van der Waals surface area contributed by atoms with E-state index in [0.29, 0.717) is 13.0 Å². The van der Waals surface area contributed by atoms with Gasteiger partial charge in [-0.15, -0.1) is 0 Å². The van der Waals surface area contributed by atoms with Gasteiger partial charge in [0.15, 0.2) is 6.29 Å². The summed E-state index contributed by atoms with van der Waals surface area (Å²) in [6, 6.07) is 0. The van der Waals surface area contributed by atoms with Crippen molar-refractivity contribution >= 4 is 5.78 Å². The number of Topliss-reactive ketones (excluding diaryl/α,β-unsaturated/α-hetero) is 1. The largest absolute Gasteiger partial charge is 0.365 e. The summed E-state index contributed by atoms with van der Waals surface area (Å²) in [7, 11) is 0. The van der Waals surface area contributed by atoms with E-state index < -0.39 is 6.29 Å². The van der Waals surface area contributed by atoms with Crippen LogP contribution in [0.5, 0.6) is 0 Å². The number of hydrogen-bond acceptors (Lipinski definition) is 3. The summed E-state index contributed by atoms with van der Waals surface area (Å²) < 4.78 is 5.02. The van der Waals surface area contributed by atoms with Crippen molar-refractivity contribution in [3.8, 4) is 0 Å². The van der Waals surface area contributed by atoms with Crippen LogP contribution in [0.2, 0.25) is 0 Å². The van der Waals surface area contributed by atoms with Gasteiger partial charge >= 0.3 is 0 Å². The van der Waals surface area contributed by atoms with Gasteiger partial charge in [0.2, 0.25) is 0 Å². The zero-order valence-corrected chi connectivity index (χ0v) is 7.74. The minimum Gasteiger partial charge on any atom is -0.365 e. The van der Waals surface area contributed by atoms with Gasteiger partial charge in [0.05, 0.1) is 6.61 Å². The van der Waals surface area contributed by atoms with Crippen molar-refractivity contribution in [2.45, 2.75) is 32.0 Å². The van der Waals surface area contributed by atoms with Crippen molar-refractivity contribution in [2.75, 3.05) is 6.61 Å². The molecule has 1 rings (SSSR count). The number of aliphatic hydroxyl groups is 1. The number of aliphatic hydroxyl groups excluding tert-OH is 1. The van der Waals surface area contributed by atoms with E-state index in [2.05, 4.69) is 6.58 Å². The fraction of sp³-hybridized carbons (Fsp3) is 0.700. The van der Waals surface area contributed by atoms with Crippen molar-refractivity contribution in [2.24, 2.45) is 5.92 Å². The predicted molar refractivity (Wildman–Crippen MR) is 49.1 cm³/mol. The second kappa shape index (κ2) is 5.14. The Morgan fingerprint density at radius 2 is 2.46 bits per heavy atom. The Bertz CT molecular complexity index is 189. The first-order chi connectivity index (χ1) is 6.24.